The molecule has 0 spiro atoms. The zero-order chi connectivity index (χ0) is 19.7. The number of aromatic nitrogens is 1. The SMILES string of the molecule is COc1ccc(OC)c(S(=O)(=O)N2CCCCC2c2nc3ccccc3s2)c1. The molecule has 1 aliphatic heterocycles. The van der Waals surface area contributed by atoms with E-state index in [0.717, 1.165) is 34.5 Å². The van der Waals surface area contributed by atoms with E-state index in [1.54, 1.807) is 27.8 Å². The lowest BCUT2D eigenvalue weighted by Crippen LogP contribution is -2.38. The summed E-state index contributed by atoms with van der Waals surface area (Å²) >= 11 is 1.56. The van der Waals surface area contributed by atoms with Gasteiger partial charge in [-0.2, -0.15) is 4.31 Å². The summed E-state index contributed by atoms with van der Waals surface area (Å²) in [5.41, 5.74) is 0.907. The van der Waals surface area contributed by atoms with E-state index in [4.69, 9.17) is 14.5 Å². The van der Waals surface area contributed by atoms with E-state index < -0.39 is 10.0 Å². The molecule has 3 aromatic rings. The van der Waals surface area contributed by atoms with Crippen LogP contribution in [0.25, 0.3) is 10.2 Å². The van der Waals surface area contributed by atoms with Crippen molar-refractivity contribution in [1.82, 2.24) is 9.29 Å². The van der Waals surface area contributed by atoms with E-state index in [1.165, 1.54) is 20.3 Å². The third-order valence-electron chi connectivity index (χ3n) is 5.01. The van der Waals surface area contributed by atoms with Crippen LogP contribution in [0.3, 0.4) is 0 Å². The van der Waals surface area contributed by atoms with Gasteiger partial charge in [0.25, 0.3) is 0 Å². The summed E-state index contributed by atoms with van der Waals surface area (Å²) in [6.07, 6.45) is 2.56. The van der Waals surface area contributed by atoms with Crippen molar-refractivity contribution in [1.29, 1.82) is 0 Å². The van der Waals surface area contributed by atoms with Gasteiger partial charge in [-0.05, 0) is 37.1 Å². The summed E-state index contributed by atoms with van der Waals surface area (Å²) in [7, 11) is -0.786. The third kappa shape index (κ3) is 3.36. The van der Waals surface area contributed by atoms with Crippen molar-refractivity contribution in [2.45, 2.75) is 30.2 Å². The van der Waals surface area contributed by atoms with Crippen molar-refractivity contribution in [3.8, 4) is 11.5 Å². The Morgan fingerprint density at radius 3 is 2.68 bits per heavy atom. The van der Waals surface area contributed by atoms with Crippen LogP contribution in [0.1, 0.15) is 30.3 Å². The van der Waals surface area contributed by atoms with Crippen LogP contribution in [-0.2, 0) is 10.0 Å². The van der Waals surface area contributed by atoms with Gasteiger partial charge >= 0.3 is 0 Å². The molecule has 2 heterocycles. The summed E-state index contributed by atoms with van der Waals surface area (Å²) < 4.78 is 40.4. The van der Waals surface area contributed by atoms with Crippen LogP contribution in [0, 0.1) is 0 Å². The van der Waals surface area contributed by atoms with Crippen LogP contribution < -0.4 is 9.47 Å². The fraction of sp³-hybridized carbons (Fsp3) is 0.350. The number of piperidine rings is 1. The summed E-state index contributed by atoms with van der Waals surface area (Å²) in [4.78, 5) is 4.85. The summed E-state index contributed by atoms with van der Waals surface area (Å²) in [5, 5.41) is 0.839. The minimum absolute atomic E-state index is 0.127. The molecule has 0 saturated carbocycles. The summed E-state index contributed by atoms with van der Waals surface area (Å²) in [5.74, 6) is 0.794. The fourth-order valence-corrected chi connectivity index (χ4v) is 6.60. The van der Waals surface area contributed by atoms with Crippen LogP contribution >= 0.6 is 11.3 Å². The lowest BCUT2D eigenvalue weighted by atomic mass is 10.1. The molecule has 1 fully saturated rings. The predicted octanol–water partition coefficient (Wildman–Crippen LogP) is 4.23. The Balaban J connectivity index is 1.78. The van der Waals surface area contributed by atoms with E-state index in [9.17, 15) is 8.42 Å². The number of para-hydroxylation sites is 1. The summed E-state index contributed by atoms with van der Waals surface area (Å²) in [6, 6.07) is 12.5. The van der Waals surface area contributed by atoms with Crippen LogP contribution in [0.4, 0.5) is 0 Å². The highest BCUT2D eigenvalue weighted by molar-refractivity contribution is 7.89. The maximum Gasteiger partial charge on any atom is 0.247 e. The fourth-order valence-electron chi connectivity index (χ4n) is 3.58. The minimum Gasteiger partial charge on any atom is -0.497 e. The highest BCUT2D eigenvalue weighted by Crippen LogP contribution is 2.40. The molecule has 1 atom stereocenters. The smallest absolute Gasteiger partial charge is 0.247 e. The number of sulfonamides is 1. The molecule has 2 aromatic carbocycles. The van der Waals surface area contributed by atoms with Gasteiger partial charge in [0, 0.05) is 12.6 Å². The normalized spacial score (nSPS) is 18.3. The molecule has 0 bridgehead atoms. The van der Waals surface area contributed by atoms with Gasteiger partial charge in [0.1, 0.15) is 21.4 Å². The van der Waals surface area contributed by atoms with Crippen molar-refractivity contribution < 1.29 is 17.9 Å². The maximum atomic E-state index is 13.6. The lowest BCUT2D eigenvalue weighted by molar-refractivity contribution is 0.254. The van der Waals surface area contributed by atoms with E-state index in [-0.39, 0.29) is 10.9 Å². The number of fused-ring (bicyclic) bond motifs is 1. The van der Waals surface area contributed by atoms with Gasteiger partial charge in [-0.15, -0.1) is 11.3 Å². The molecule has 0 amide bonds. The third-order valence-corrected chi connectivity index (χ3v) is 8.07. The molecule has 0 N–H and O–H groups in total. The zero-order valence-corrected chi connectivity index (χ0v) is 17.4. The van der Waals surface area contributed by atoms with E-state index in [2.05, 4.69) is 0 Å². The molecule has 1 aromatic heterocycles. The second-order valence-corrected chi connectivity index (χ2v) is 9.59. The number of benzene rings is 2. The van der Waals surface area contributed by atoms with Crippen LogP contribution in [0.15, 0.2) is 47.4 Å². The van der Waals surface area contributed by atoms with E-state index in [0.29, 0.717) is 18.0 Å². The molecule has 1 unspecified atom stereocenters. The monoisotopic (exact) mass is 418 g/mol. The first-order valence-electron chi connectivity index (χ1n) is 9.14. The van der Waals surface area contributed by atoms with E-state index >= 15 is 0 Å². The molecule has 1 saturated heterocycles. The molecule has 8 heteroatoms. The van der Waals surface area contributed by atoms with Crippen molar-refractivity contribution in [3.63, 3.8) is 0 Å². The molecular formula is C20H22N2O4S2. The highest BCUT2D eigenvalue weighted by atomic mass is 32.2. The van der Waals surface area contributed by atoms with Gasteiger partial charge in [0.15, 0.2) is 0 Å². The first-order chi connectivity index (χ1) is 13.5. The largest absolute Gasteiger partial charge is 0.497 e. The van der Waals surface area contributed by atoms with Gasteiger partial charge in [-0.3, -0.25) is 0 Å². The minimum atomic E-state index is -3.78. The van der Waals surface area contributed by atoms with Gasteiger partial charge in [0.05, 0.1) is 30.5 Å². The number of methoxy groups -OCH3 is 2. The highest BCUT2D eigenvalue weighted by Gasteiger charge is 2.37. The zero-order valence-electron chi connectivity index (χ0n) is 15.8. The van der Waals surface area contributed by atoms with Gasteiger partial charge in [-0.25, -0.2) is 13.4 Å². The van der Waals surface area contributed by atoms with Crippen molar-refractivity contribution >= 4 is 31.6 Å². The Bertz CT molecular complexity index is 1060. The molecule has 0 radical (unpaired) electrons. The maximum absolute atomic E-state index is 13.6. The molecular weight excluding hydrogens is 396 g/mol. The number of nitrogens with zero attached hydrogens (tertiary/aromatic N) is 2. The number of hydrogen-bond donors (Lipinski definition) is 0. The Labute approximate surface area is 168 Å². The van der Waals surface area contributed by atoms with Crippen LogP contribution in [0.5, 0.6) is 11.5 Å². The molecule has 6 nitrogen and oxygen atoms in total. The molecule has 148 valence electrons. The number of rotatable bonds is 5. The molecule has 4 rings (SSSR count). The number of hydrogen-bond acceptors (Lipinski definition) is 6. The Hall–Kier alpha value is -2.16. The quantitative estimate of drug-likeness (QED) is 0.620. The predicted molar refractivity (Wildman–Crippen MR) is 110 cm³/mol. The van der Waals surface area contributed by atoms with Crippen LogP contribution in [0.2, 0.25) is 0 Å². The average Bonchev–Trinajstić information content (AvgIpc) is 3.17. The number of thiazole rings is 1. The topological polar surface area (TPSA) is 68.7 Å². The summed E-state index contributed by atoms with van der Waals surface area (Å²) in [6.45, 7) is 0.462. The number of ether oxygens (including phenoxy) is 2. The van der Waals surface area contributed by atoms with E-state index in [1.807, 2.05) is 24.3 Å². The van der Waals surface area contributed by atoms with Crippen LogP contribution in [-0.4, -0.2) is 38.5 Å². The molecule has 1 aliphatic rings. The van der Waals surface area contributed by atoms with Gasteiger partial charge in [0.2, 0.25) is 10.0 Å². The Morgan fingerprint density at radius 2 is 1.93 bits per heavy atom. The Kier molecular flexibility index (Phi) is 5.27. The van der Waals surface area contributed by atoms with Crippen molar-refractivity contribution in [2.75, 3.05) is 20.8 Å². The first-order valence-corrected chi connectivity index (χ1v) is 11.4. The second-order valence-electron chi connectivity index (χ2n) is 6.66. The average molecular weight is 419 g/mol. The van der Waals surface area contributed by atoms with Gasteiger partial charge in [-0.1, -0.05) is 18.6 Å². The second kappa shape index (κ2) is 7.69. The van der Waals surface area contributed by atoms with Crippen molar-refractivity contribution in [3.05, 3.63) is 47.5 Å². The Morgan fingerprint density at radius 1 is 1.11 bits per heavy atom. The van der Waals surface area contributed by atoms with Gasteiger partial charge < -0.3 is 9.47 Å². The molecule has 0 aliphatic carbocycles. The van der Waals surface area contributed by atoms with Crippen molar-refractivity contribution in [2.24, 2.45) is 0 Å². The lowest BCUT2D eigenvalue weighted by Gasteiger charge is -2.33. The first kappa shape index (κ1) is 19.2. The standard InChI is InChI=1S/C20H22N2O4S2/c1-25-14-10-11-17(26-2)19(13-14)28(23,24)22-12-6-5-8-16(22)20-21-15-7-3-4-9-18(15)27-20/h3-4,7,9-11,13,16H,5-6,8,12H2,1-2H3. The molecule has 28 heavy (non-hydrogen) atoms.